The van der Waals surface area contributed by atoms with Crippen LogP contribution in [0.4, 0.5) is 0 Å². The number of thiocarbonyl (C=S) groups is 1. The van der Waals surface area contributed by atoms with Crippen molar-refractivity contribution in [3.63, 3.8) is 0 Å². The minimum atomic E-state index is -0.700. The molecule has 1 amide bonds. The van der Waals surface area contributed by atoms with Crippen molar-refractivity contribution in [1.82, 2.24) is 5.32 Å². The number of carbonyl (C=O) groups is 1. The molecule has 0 aromatic rings. The fraction of sp³-hybridized carbons (Fsp3) is 0.857. The first-order valence-corrected chi connectivity index (χ1v) is 7.45. The zero-order valence-corrected chi connectivity index (χ0v) is 12.6. The lowest BCUT2D eigenvalue weighted by molar-refractivity contribution is -0.128. The lowest BCUT2D eigenvalue weighted by Gasteiger charge is -2.33. The van der Waals surface area contributed by atoms with Gasteiger partial charge in [0, 0.05) is 6.04 Å². The van der Waals surface area contributed by atoms with Gasteiger partial charge in [-0.05, 0) is 32.1 Å². The Hall–Kier alpha value is -0.640. The van der Waals surface area contributed by atoms with E-state index in [9.17, 15) is 4.79 Å². The first kappa shape index (κ1) is 15.4. The van der Waals surface area contributed by atoms with Crippen molar-refractivity contribution >= 4 is 23.1 Å². The van der Waals surface area contributed by atoms with Gasteiger partial charge in [0.05, 0.1) is 10.4 Å². The van der Waals surface area contributed by atoms with Crippen LogP contribution >= 0.6 is 12.2 Å². The van der Waals surface area contributed by atoms with Gasteiger partial charge in [-0.2, -0.15) is 0 Å². The molecule has 4 heteroatoms. The van der Waals surface area contributed by atoms with Gasteiger partial charge in [0.2, 0.25) is 5.91 Å². The average Bonchev–Trinajstić information content (AvgIpc) is 2.37. The van der Waals surface area contributed by atoms with Crippen molar-refractivity contribution < 1.29 is 4.79 Å². The summed E-state index contributed by atoms with van der Waals surface area (Å²) < 4.78 is 0. The molecule has 0 spiro atoms. The number of hydrogen-bond donors (Lipinski definition) is 2. The lowest BCUT2D eigenvalue weighted by atomic mass is 9.82. The van der Waals surface area contributed by atoms with Gasteiger partial charge in [-0.1, -0.05) is 45.3 Å². The van der Waals surface area contributed by atoms with Gasteiger partial charge in [0.25, 0.3) is 0 Å². The van der Waals surface area contributed by atoms with Crippen LogP contribution in [-0.2, 0) is 4.79 Å². The molecule has 3 atom stereocenters. The van der Waals surface area contributed by atoms with Gasteiger partial charge in [-0.25, -0.2) is 0 Å². The molecule has 3 N–H and O–H groups in total. The van der Waals surface area contributed by atoms with Crippen LogP contribution in [0.25, 0.3) is 0 Å². The summed E-state index contributed by atoms with van der Waals surface area (Å²) in [6.45, 7) is 6.01. The van der Waals surface area contributed by atoms with Gasteiger partial charge < -0.3 is 11.1 Å². The van der Waals surface area contributed by atoms with Crippen molar-refractivity contribution in [2.45, 2.75) is 65.3 Å². The second kappa shape index (κ2) is 6.50. The topological polar surface area (TPSA) is 55.1 Å². The summed E-state index contributed by atoms with van der Waals surface area (Å²) in [5.74, 6) is 0.751. The Balaban J connectivity index is 2.61. The minimum absolute atomic E-state index is 0.000692. The number of nitrogens with one attached hydrogen (secondary N) is 1. The number of amides is 1. The third-order valence-electron chi connectivity index (χ3n) is 4.45. The molecule has 1 saturated carbocycles. The van der Waals surface area contributed by atoms with E-state index in [1.165, 1.54) is 19.3 Å². The van der Waals surface area contributed by atoms with E-state index in [0.29, 0.717) is 17.5 Å². The molecule has 104 valence electrons. The Kier molecular flexibility index (Phi) is 5.57. The summed E-state index contributed by atoms with van der Waals surface area (Å²) >= 11 is 5.04. The highest BCUT2D eigenvalue weighted by molar-refractivity contribution is 7.80. The summed E-state index contributed by atoms with van der Waals surface area (Å²) in [4.78, 5) is 12.6. The van der Waals surface area contributed by atoms with Crippen molar-refractivity contribution in [2.75, 3.05) is 0 Å². The largest absolute Gasteiger partial charge is 0.392 e. The highest BCUT2D eigenvalue weighted by Crippen LogP contribution is 2.28. The molecule has 0 aromatic heterocycles. The molecule has 3 nitrogen and oxygen atoms in total. The van der Waals surface area contributed by atoms with Crippen molar-refractivity contribution in [1.29, 1.82) is 0 Å². The van der Waals surface area contributed by atoms with Gasteiger partial charge >= 0.3 is 0 Å². The van der Waals surface area contributed by atoms with E-state index in [-0.39, 0.29) is 5.91 Å². The molecule has 0 aromatic carbocycles. The quantitative estimate of drug-likeness (QED) is 0.755. The smallest absolute Gasteiger partial charge is 0.232 e. The summed E-state index contributed by atoms with van der Waals surface area (Å²) in [6, 6.07) is 0.302. The first-order chi connectivity index (χ1) is 8.43. The average molecular weight is 270 g/mol. The fourth-order valence-electron chi connectivity index (χ4n) is 2.58. The molecule has 0 heterocycles. The summed E-state index contributed by atoms with van der Waals surface area (Å²) in [7, 11) is 0. The van der Waals surface area contributed by atoms with Crippen LogP contribution in [0, 0.1) is 11.3 Å². The van der Waals surface area contributed by atoms with E-state index in [2.05, 4.69) is 12.2 Å². The molecule has 0 saturated heterocycles. The van der Waals surface area contributed by atoms with Crippen LogP contribution in [-0.4, -0.2) is 16.9 Å². The summed E-state index contributed by atoms with van der Waals surface area (Å²) in [5, 5.41) is 3.15. The molecule has 1 fully saturated rings. The first-order valence-electron chi connectivity index (χ1n) is 7.04. The van der Waals surface area contributed by atoms with E-state index >= 15 is 0 Å². The molecule has 3 unspecified atom stereocenters. The van der Waals surface area contributed by atoms with E-state index < -0.39 is 5.41 Å². The third-order valence-corrected chi connectivity index (χ3v) is 4.90. The zero-order valence-electron chi connectivity index (χ0n) is 11.8. The summed E-state index contributed by atoms with van der Waals surface area (Å²) in [6.07, 6.45) is 6.53. The van der Waals surface area contributed by atoms with Crippen molar-refractivity contribution in [3.05, 3.63) is 0 Å². The van der Waals surface area contributed by atoms with E-state index in [4.69, 9.17) is 18.0 Å². The van der Waals surface area contributed by atoms with E-state index in [1.807, 2.05) is 13.8 Å². The predicted molar refractivity (Wildman–Crippen MR) is 79.4 cm³/mol. The Morgan fingerprint density at radius 1 is 1.44 bits per heavy atom. The highest BCUT2D eigenvalue weighted by atomic mass is 32.1. The molecule has 18 heavy (non-hydrogen) atoms. The molecule has 1 rings (SSSR count). The standard InChI is InChI=1S/C14H26N2OS/c1-4-10-7-6-8-11(9-10)16-13(17)14(3,5-2)12(15)18/h10-11H,4-9H2,1-3H3,(H2,15,18)(H,16,17). The molecular formula is C14H26N2OS. The number of carbonyl (C=O) groups excluding carboxylic acids is 1. The summed E-state index contributed by atoms with van der Waals surface area (Å²) in [5.41, 5.74) is 5.01. The number of hydrogen-bond acceptors (Lipinski definition) is 2. The van der Waals surface area contributed by atoms with E-state index in [0.717, 1.165) is 18.8 Å². The van der Waals surface area contributed by atoms with Crippen molar-refractivity contribution in [2.24, 2.45) is 17.1 Å². The molecule has 1 aliphatic carbocycles. The lowest BCUT2D eigenvalue weighted by Crippen LogP contribution is -2.50. The monoisotopic (exact) mass is 270 g/mol. The maximum atomic E-state index is 12.3. The number of rotatable bonds is 5. The Morgan fingerprint density at radius 2 is 2.11 bits per heavy atom. The van der Waals surface area contributed by atoms with Gasteiger partial charge in [-0.15, -0.1) is 0 Å². The highest BCUT2D eigenvalue weighted by Gasteiger charge is 2.36. The van der Waals surface area contributed by atoms with Crippen LogP contribution < -0.4 is 11.1 Å². The van der Waals surface area contributed by atoms with Crippen LogP contribution in [0.1, 0.15) is 59.3 Å². The molecule has 0 radical (unpaired) electrons. The normalized spacial score (nSPS) is 27.3. The molecule has 0 aliphatic heterocycles. The molecule has 1 aliphatic rings. The third kappa shape index (κ3) is 3.44. The maximum absolute atomic E-state index is 12.3. The van der Waals surface area contributed by atoms with Crippen LogP contribution in [0.5, 0.6) is 0 Å². The van der Waals surface area contributed by atoms with E-state index in [1.54, 1.807) is 0 Å². The number of nitrogens with two attached hydrogens (primary N) is 1. The minimum Gasteiger partial charge on any atom is -0.392 e. The van der Waals surface area contributed by atoms with Crippen molar-refractivity contribution in [3.8, 4) is 0 Å². The van der Waals surface area contributed by atoms with Gasteiger partial charge in [0.15, 0.2) is 0 Å². The maximum Gasteiger partial charge on any atom is 0.232 e. The second-order valence-corrected chi connectivity index (χ2v) is 6.10. The van der Waals surface area contributed by atoms with Gasteiger partial charge in [0.1, 0.15) is 0 Å². The fourth-order valence-corrected chi connectivity index (χ4v) is 2.82. The zero-order chi connectivity index (χ0) is 13.8. The SMILES string of the molecule is CCC1CCCC(NC(=O)C(C)(CC)C(N)=S)C1. The van der Waals surface area contributed by atoms with Crippen LogP contribution in [0.3, 0.4) is 0 Å². The Bertz CT molecular complexity index is 319. The molecule has 0 bridgehead atoms. The van der Waals surface area contributed by atoms with Crippen LogP contribution in [0.15, 0.2) is 0 Å². The second-order valence-electron chi connectivity index (χ2n) is 5.66. The molecular weight excluding hydrogens is 244 g/mol. The predicted octanol–water partition coefficient (Wildman–Crippen LogP) is 2.77. The van der Waals surface area contributed by atoms with Crippen LogP contribution in [0.2, 0.25) is 0 Å². The Labute approximate surface area is 116 Å². The van der Waals surface area contributed by atoms with Gasteiger partial charge in [-0.3, -0.25) is 4.79 Å². The Morgan fingerprint density at radius 3 is 2.61 bits per heavy atom.